The van der Waals surface area contributed by atoms with E-state index in [4.69, 9.17) is 9.26 Å². The van der Waals surface area contributed by atoms with Crippen molar-refractivity contribution in [1.82, 2.24) is 9.46 Å². The zero-order valence-corrected chi connectivity index (χ0v) is 16.6. The molecule has 1 aliphatic heterocycles. The van der Waals surface area contributed by atoms with Crippen LogP contribution in [0.5, 0.6) is 5.75 Å². The molecule has 3 rings (SSSR count). The van der Waals surface area contributed by atoms with E-state index in [1.807, 2.05) is 0 Å². The van der Waals surface area contributed by atoms with Gasteiger partial charge in [0.2, 0.25) is 15.9 Å². The summed E-state index contributed by atoms with van der Waals surface area (Å²) < 4.78 is 37.2. The average molecular weight is 408 g/mol. The summed E-state index contributed by atoms with van der Waals surface area (Å²) >= 11 is 0. The molecule has 1 aliphatic rings. The number of likely N-dealkylation sites (N-methyl/N-ethyl adjacent to an activating group) is 1. The minimum absolute atomic E-state index is 0.0119. The van der Waals surface area contributed by atoms with Gasteiger partial charge in [0.1, 0.15) is 11.5 Å². The summed E-state index contributed by atoms with van der Waals surface area (Å²) in [6, 6.07) is 4.40. The van der Waals surface area contributed by atoms with E-state index in [2.05, 4.69) is 15.8 Å². The van der Waals surface area contributed by atoms with Crippen molar-refractivity contribution in [1.29, 1.82) is 0 Å². The Labute approximate surface area is 161 Å². The second kappa shape index (κ2) is 7.24. The highest BCUT2D eigenvalue weighted by atomic mass is 32.2. The minimum atomic E-state index is -3.98. The van der Waals surface area contributed by atoms with Gasteiger partial charge in [-0.15, -0.1) is 0 Å². The number of fused-ring (bicyclic) bond motifs is 1. The number of benzene rings is 1. The normalized spacial score (nSPS) is 16.3. The monoisotopic (exact) mass is 408 g/mol. The van der Waals surface area contributed by atoms with Crippen molar-refractivity contribution in [3.05, 3.63) is 29.5 Å². The van der Waals surface area contributed by atoms with Crippen LogP contribution in [0.15, 0.2) is 27.6 Å². The molecule has 2 N–H and O–H groups in total. The van der Waals surface area contributed by atoms with Crippen molar-refractivity contribution in [2.45, 2.75) is 31.8 Å². The van der Waals surface area contributed by atoms with E-state index in [-0.39, 0.29) is 22.4 Å². The largest absolute Gasteiger partial charge is 0.479 e. The van der Waals surface area contributed by atoms with Gasteiger partial charge < -0.3 is 19.9 Å². The van der Waals surface area contributed by atoms with Gasteiger partial charge in [0, 0.05) is 19.2 Å². The Morgan fingerprint density at radius 3 is 2.68 bits per heavy atom. The van der Waals surface area contributed by atoms with E-state index in [1.165, 1.54) is 25.2 Å². The van der Waals surface area contributed by atoms with Crippen LogP contribution in [0.25, 0.3) is 0 Å². The third-order valence-electron chi connectivity index (χ3n) is 4.16. The highest BCUT2D eigenvalue weighted by molar-refractivity contribution is 7.89. The standard InChI is InChI=1S/C17H20N4O6S/c1-9-5-12-13(26-11(3)17(23)18-12)7-14(9)28(24,25)21(4)8-16(22)19-15-6-10(2)27-20-15/h5-7,11H,8H2,1-4H3,(H,18,23)(H,19,20,22). The molecule has 0 radical (unpaired) electrons. The molecule has 150 valence electrons. The van der Waals surface area contributed by atoms with E-state index in [9.17, 15) is 18.0 Å². The molecule has 10 nitrogen and oxygen atoms in total. The second-order valence-electron chi connectivity index (χ2n) is 6.50. The van der Waals surface area contributed by atoms with Crippen molar-refractivity contribution >= 4 is 33.3 Å². The number of amides is 2. The molecular weight excluding hydrogens is 388 g/mol. The fourth-order valence-corrected chi connectivity index (χ4v) is 4.03. The zero-order valence-electron chi connectivity index (χ0n) is 15.8. The van der Waals surface area contributed by atoms with Crippen LogP contribution in [0.4, 0.5) is 11.5 Å². The van der Waals surface area contributed by atoms with Gasteiger partial charge in [-0.05, 0) is 32.4 Å². The van der Waals surface area contributed by atoms with Crippen molar-refractivity contribution < 1.29 is 27.3 Å². The highest BCUT2D eigenvalue weighted by Gasteiger charge is 2.30. The summed E-state index contributed by atoms with van der Waals surface area (Å²) in [7, 11) is -2.68. The highest BCUT2D eigenvalue weighted by Crippen LogP contribution is 2.35. The van der Waals surface area contributed by atoms with E-state index in [0.717, 1.165) is 4.31 Å². The molecule has 2 heterocycles. The lowest BCUT2D eigenvalue weighted by Crippen LogP contribution is -2.36. The molecule has 1 aromatic carbocycles. The number of carbonyl (C=O) groups is 2. The number of aryl methyl sites for hydroxylation is 2. The quantitative estimate of drug-likeness (QED) is 0.762. The van der Waals surface area contributed by atoms with Crippen LogP contribution < -0.4 is 15.4 Å². The predicted molar refractivity (Wildman–Crippen MR) is 99.6 cm³/mol. The Balaban J connectivity index is 1.80. The molecule has 1 atom stereocenters. The van der Waals surface area contributed by atoms with Crippen molar-refractivity contribution in [3.63, 3.8) is 0 Å². The number of sulfonamides is 1. The van der Waals surface area contributed by atoms with Gasteiger partial charge in [-0.3, -0.25) is 9.59 Å². The van der Waals surface area contributed by atoms with Gasteiger partial charge in [-0.2, -0.15) is 4.31 Å². The lowest BCUT2D eigenvalue weighted by molar-refractivity contribution is -0.122. The van der Waals surface area contributed by atoms with Gasteiger partial charge in [0.05, 0.1) is 17.1 Å². The van der Waals surface area contributed by atoms with Crippen LogP contribution in [0, 0.1) is 13.8 Å². The molecular formula is C17H20N4O6S. The van der Waals surface area contributed by atoms with E-state index < -0.39 is 28.6 Å². The Kier molecular flexibility index (Phi) is 5.13. The van der Waals surface area contributed by atoms with Gasteiger partial charge in [-0.25, -0.2) is 8.42 Å². The summed E-state index contributed by atoms with van der Waals surface area (Å²) in [5.41, 5.74) is 0.818. The maximum Gasteiger partial charge on any atom is 0.265 e. The lowest BCUT2D eigenvalue weighted by atomic mass is 10.1. The Morgan fingerprint density at radius 1 is 1.32 bits per heavy atom. The number of ether oxygens (including phenoxy) is 1. The molecule has 0 saturated carbocycles. The summed E-state index contributed by atoms with van der Waals surface area (Å²) in [5, 5.41) is 8.77. The first-order valence-electron chi connectivity index (χ1n) is 8.39. The number of nitrogens with one attached hydrogen (secondary N) is 2. The smallest absolute Gasteiger partial charge is 0.265 e. The van der Waals surface area contributed by atoms with E-state index >= 15 is 0 Å². The van der Waals surface area contributed by atoms with Gasteiger partial charge >= 0.3 is 0 Å². The molecule has 1 unspecified atom stereocenters. The molecule has 2 aromatic rings. The predicted octanol–water partition coefficient (Wildman–Crippen LogP) is 1.27. The number of anilines is 2. The molecule has 0 aliphatic carbocycles. The number of rotatable bonds is 5. The summed E-state index contributed by atoms with van der Waals surface area (Å²) in [6.07, 6.45) is -0.736. The summed E-state index contributed by atoms with van der Waals surface area (Å²) in [5.74, 6) is 0.109. The van der Waals surface area contributed by atoms with Crippen LogP contribution in [0.3, 0.4) is 0 Å². The second-order valence-corrected chi connectivity index (χ2v) is 8.51. The maximum atomic E-state index is 12.9. The third-order valence-corrected chi connectivity index (χ3v) is 6.10. The van der Waals surface area contributed by atoms with Crippen molar-refractivity contribution in [2.75, 3.05) is 24.2 Å². The first-order valence-corrected chi connectivity index (χ1v) is 9.83. The van der Waals surface area contributed by atoms with Crippen molar-refractivity contribution in [3.8, 4) is 5.75 Å². The van der Waals surface area contributed by atoms with E-state index in [0.29, 0.717) is 17.0 Å². The Hall–Kier alpha value is -2.92. The molecule has 2 amide bonds. The molecule has 0 bridgehead atoms. The number of hydrogen-bond acceptors (Lipinski definition) is 7. The van der Waals surface area contributed by atoms with Crippen LogP contribution in [0.1, 0.15) is 18.2 Å². The molecule has 1 aromatic heterocycles. The third kappa shape index (κ3) is 3.85. The van der Waals surface area contributed by atoms with Crippen molar-refractivity contribution in [2.24, 2.45) is 0 Å². The number of nitrogens with zero attached hydrogens (tertiary/aromatic N) is 2. The van der Waals surface area contributed by atoms with Gasteiger partial charge in [0.15, 0.2) is 11.9 Å². The number of hydrogen-bond donors (Lipinski definition) is 2. The average Bonchev–Trinajstić information content (AvgIpc) is 3.00. The fraction of sp³-hybridized carbons (Fsp3) is 0.353. The van der Waals surface area contributed by atoms with Crippen LogP contribution in [-0.2, 0) is 19.6 Å². The maximum absolute atomic E-state index is 12.9. The molecule has 0 saturated heterocycles. The molecule has 0 fully saturated rings. The first-order chi connectivity index (χ1) is 13.1. The molecule has 28 heavy (non-hydrogen) atoms. The van der Waals surface area contributed by atoms with E-state index in [1.54, 1.807) is 20.8 Å². The van der Waals surface area contributed by atoms with Crippen LogP contribution >= 0.6 is 0 Å². The molecule has 11 heteroatoms. The fourth-order valence-electron chi connectivity index (χ4n) is 2.68. The molecule has 0 spiro atoms. The SMILES string of the molecule is Cc1cc(NC(=O)CN(C)S(=O)(=O)c2cc3c(cc2C)NC(=O)C(C)O3)no1. The van der Waals surface area contributed by atoms with Crippen LogP contribution in [0.2, 0.25) is 0 Å². The Morgan fingerprint density at radius 2 is 2.04 bits per heavy atom. The lowest BCUT2D eigenvalue weighted by Gasteiger charge is -2.25. The Bertz CT molecular complexity index is 1050. The minimum Gasteiger partial charge on any atom is -0.479 e. The first kappa shape index (κ1) is 19.8. The number of carbonyl (C=O) groups excluding carboxylic acids is 2. The number of aromatic nitrogens is 1. The van der Waals surface area contributed by atoms with Gasteiger partial charge in [-0.1, -0.05) is 5.16 Å². The summed E-state index contributed by atoms with van der Waals surface area (Å²) in [4.78, 5) is 23.8. The van der Waals surface area contributed by atoms with Gasteiger partial charge in [0.25, 0.3) is 5.91 Å². The van der Waals surface area contributed by atoms with Crippen LogP contribution in [-0.4, -0.2) is 49.4 Å². The topological polar surface area (TPSA) is 131 Å². The summed E-state index contributed by atoms with van der Waals surface area (Å²) in [6.45, 7) is 4.42. The zero-order chi connectivity index (χ0) is 20.6.